The van der Waals surface area contributed by atoms with Crippen LogP contribution in [0, 0.1) is 0 Å². The van der Waals surface area contributed by atoms with E-state index in [1.165, 1.54) is 16.7 Å². The number of fused-ring (bicyclic) bond motifs is 2. The summed E-state index contributed by atoms with van der Waals surface area (Å²) in [7, 11) is 8.69. The zero-order valence-electron chi connectivity index (χ0n) is 18.5. The van der Waals surface area contributed by atoms with Crippen molar-refractivity contribution in [3.8, 4) is 34.1 Å². The van der Waals surface area contributed by atoms with Crippen LogP contribution in [-0.4, -0.2) is 60.5 Å². The maximum Gasteiger partial charge on any atom is 0.188 e. The molecule has 0 unspecified atom stereocenters. The Labute approximate surface area is 191 Å². The number of ether oxygens (including phenoxy) is 6. The van der Waals surface area contributed by atoms with Gasteiger partial charge in [0.1, 0.15) is 0 Å². The lowest BCUT2D eigenvalue weighted by atomic mass is 9.76. The van der Waals surface area contributed by atoms with Crippen LogP contribution in [0.25, 0.3) is 11.1 Å². The van der Waals surface area contributed by atoms with Gasteiger partial charge in [-0.05, 0) is 70.2 Å². The fraction of sp³-hybridized carbons (Fsp3) is 0.478. The first kappa shape index (κ1) is 22.2. The molecule has 2 aromatic rings. The lowest BCUT2D eigenvalue weighted by Crippen LogP contribution is -2.36. The molecule has 2 aromatic carbocycles. The molecule has 168 valence electrons. The third-order valence-corrected chi connectivity index (χ3v) is 6.84. The van der Waals surface area contributed by atoms with E-state index in [-0.39, 0.29) is 19.6 Å². The average molecular weight is 494 g/mol. The number of methoxy groups -OCH3 is 4. The largest absolute Gasteiger partial charge is 0.493 e. The molecule has 0 bridgehead atoms. The highest BCUT2D eigenvalue weighted by molar-refractivity contribution is 9.10. The monoisotopic (exact) mass is 493 g/mol. The lowest BCUT2D eigenvalue weighted by molar-refractivity contribution is 0.0484. The number of likely N-dealkylation sites (N-methyl/N-ethyl adjacent to an activating group) is 1. The maximum atomic E-state index is 5.97. The zero-order chi connectivity index (χ0) is 22.1. The van der Waals surface area contributed by atoms with E-state index < -0.39 is 0 Å². The summed E-state index contributed by atoms with van der Waals surface area (Å²) in [5.74, 6) is 2.66. The van der Waals surface area contributed by atoms with Gasteiger partial charge < -0.3 is 28.4 Å². The van der Waals surface area contributed by atoms with Gasteiger partial charge in [-0.3, -0.25) is 4.90 Å². The molecular formula is C23H28BrNO6. The zero-order valence-corrected chi connectivity index (χ0v) is 20.1. The molecule has 0 radical (unpaired) electrons. The quantitative estimate of drug-likeness (QED) is 0.511. The smallest absolute Gasteiger partial charge is 0.188 e. The van der Waals surface area contributed by atoms with Crippen LogP contribution in [-0.2, 0) is 22.3 Å². The van der Waals surface area contributed by atoms with Crippen LogP contribution in [0.3, 0.4) is 0 Å². The van der Waals surface area contributed by atoms with Crippen LogP contribution < -0.4 is 18.9 Å². The van der Waals surface area contributed by atoms with Gasteiger partial charge >= 0.3 is 0 Å². The van der Waals surface area contributed by atoms with Gasteiger partial charge in [0.15, 0.2) is 36.6 Å². The molecule has 2 aliphatic rings. The van der Waals surface area contributed by atoms with Crippen LogP contribution in [0.1, 0.15) is 22.7 Å². The highest BCUT2D eigenvalue weighted by Crippen LogP contribution is 2.56. The highest BCUT2D eigenvalue weighted by atomic mass is 79.9. The van der Waals surface area contributed by atoms with E-state index in [9.17, 15) is 0 Å². The molecule has 0 saturated heterocycles. The molecule has 0 spiro atoms. The fourth-order valence-electron chi connectivity index (χ4n) is 4.59. The van der Waals surface area contributed by atoms with Gasteiger partial charge in [0.05, 0.1) is 18.7 Å². The molecule has 0 amide bonds. The molecule has 0 N–H and O–H groups in total. The molecule has 1 aliphatic carbocycles. The number of halogens is 1. The molecule has 1 aliphatic heterocycles. The van der Waals surface area contributed by atoms with Crippen molar-refractivity contribution >= 4 is 15.9 Å². The maximum absolute atomic E-state index is 5.97. The number of hydrogen-bond acceptors (Lipinski definition) is 7. The van der Waals surface area contributed by atoms with Gasteiger partial charge in [-0.25, -0.2) is 0 Å². The normalized spacial score (nSPS) is 17.0. The van der Waals surface area contributed by atoms with Crippen LogP contribution in [0.2, 0.25) is 0 Å². The van der Waals surface area contributed by atoms with Crippen molar-refractivity contribution in [3.63, 3.8) is 0 Å². The predicted octanol–water partition coefficient (Wildman–Crippen LogP) is 4.18. The first-order chi connectivity index (χ1) is 15.0. The van der Waals surface area contributed by atoms with E-state index in [1.807, 2.05) is 6.07 Å². The summed E-state index contributed by atoms with van der Waals surface area (Å²) >= 11 is 3.79. The van der Waals surface area contributed by atoms with Gasteiger partial charge in [0.25, 0.3) is 0 Å². The van der Waals surface area contributed by atoms with E-state index >= 15 is 0 Å². The number of rotatable bonds is 8. The Morgan fingerprint density at radius 3 is 2.39 bits per heavy atom. The Morgan fingerprint density at radius 2 is 1.71 bits per heavy atom. The van der Waals surface area contributed by atoms with Gasteiger partial charge in [0, 0.05) is 32.4 Å². The van der Waals surface area contributed by atoms with Crippen LogP contribution in [0.5, 0.6) is 23.0 Å². The van der Waals surface area contributed by atoms with E-state index in [4.69, 9.17) is 28.4 Å². The van der Waals surface area contributed by atoms with Crippen LogP contribution >= 0.6 is 15.9 Å². The summed E-state index contributed by atoms with van der Waals surface area (Å²) in [5, 5.41) is 0. The average Bonchev–Trinajstić information content (AvgIpc) is 2.78. The molecule has 31 heavy (non-hydrogen) atoms. The van der Waals surface area contributed by atoms with Crippen molar-refractivity contribution in [3.05, 3.63) is 33.3 Å². The van der Waals surface area contributed by atoms with E-state index in [2.05, 4.69) is 33.9 Å². The van der Waals surface area contributed by atoms with E-state index in [0.717, 1.165) is 35.0 Å². The summed E-state index contributed by atoms with van der Waals surface area (Å²) in [6.45, 7) is 1.26. The number of benzene rings is 2. The topological polar surface area (TPSA) is 58.6 Å². The van der Waals surface area contributed by atoms with E-state index in [1.54, 1.807) is 28.4 Å². The second-order valence-electron chi connectivity index (χ2n) is 7.66. The standard InChI is InChI=1S/C23H28BrNO6/c1-25-7-6-14-19-16(25)8-13-9-18(30-11-26-2)17(28-4)10-15(13)20(19)22(29-5)23(21(14)24)31-12-27-3/h9-10,16H,6-8,11-12H2,1-5H3/t16-/m0/s1. The minimum Gasteiger partial charge on any atom is -0.493 e. The second-order valence-corrected chi connectivity index (χ2v) is 8.45. The minimum absolute atomic E-state index is 0.135. The highest BCUT2D eigenvalue weighted by Gasteiger charge is 2.38. The molecule has 0 fully saturated rings. The predicted molar refractivity (Wildman–Crippen MR) is 120 cm³/mol. The second kappa shape index (κ2) is 9.24. The summed E-state index contributed by atoms with van der Waals surface area (Å²) in [5.41, 5.74) is 5.82. The Bertz CT molecular complexity index is 980. The van der Waals surface area contributed by atoms with Gasteiger partial charge in [-0.15, -0.1) is 0 Å². The first-order valence-electron chi connectivity index (χ1n) is 10.1. The van der Waals surface area contributed by atoms with Gasteiger partial charge in [-0.1, -0.05) is 0 Å². The third kappa shape index (κ3) is 3.75. The Hall–Kier alpha value is -2.00. The van der Waals surface area contributed by atoms with Crippen molar-refractivity contribution in [2.45, 2.75) is 18.9 Å². The minimum atomic E-state index is 0.135. The summed E-state index contributed by atoms with van der Waals surface area (Å²) < 4.78 is 34.5. The molecule has 1 heterocycles. The number of hydrogen-bond donors (Lipinski definition) is 0. The van der Waals surface area contributed by atoms with Crippen molar-refractivity contribution in [2.24, 2.45) is 0 Å². The summed E-state index contributed by atoms with van der Waals surface area (Å²) in [6.07, 6.45) is 1.79. The summed E-state index contributed by atoms with van der Waals surface area (Å²) in [4.78, 5) is 2.40. The summed E-state index contributed by atoms with van der Waals surface area (Å²) in [6, 6.07) is 4.31. The lowest BCUT2D eigenvalue weighted by Gasteiger charge is -2.41. The molecule has 1 atom stereocenters. The van der Waals surface area contributed by atoms with Gasteiger partial charge in [-0.2, -0.15) is 0 Å². The van der Waals surface area contributed by atoms with Crippen molar-refractivity contribution in [1.29, 1.82) is 0 Å². The fourth-order valence-corrected chi connectivity index (χ4v) is 5.30. The van der Waals surface area contributed by atoms with Crippen molar-refractivity contribution in [1.82, 2.24) is 4.90 Å². The molecule has 7 nitrogen and oxygen atoms in total. The molecule has 4 rings (SSSR count). The van der Waals surface area contributed by atoms with Crippen LogP contribution in [0.15, 0.2) is 16.6 Å². The van der Waals surface area contributed by atoms with Crippen LogP contribution in [0.4, 0.5) is 0 Å². The SMILES string of the molecule is COCOc1cc2c(cc1OC)-c1c(OC)c(OCOC)c(Br)c3c1[C@H](C2)N(C)CC3. The van der Waals surface area contributed by atoms with E-state index in [0.29, 0.717) is 23.0 Å². The molecule has 8 heteroatoms. The van der Waals surface area contributed by atoms with Gasteiger partial charge in [0.2, 0.25) is 0 Å². The Kier molecular flexibility index (Phi) is 6.62. The number of nitrogens with zero attached hydrogens (tertiary/aromatic N) is 1. The Balaban J connectivity index is 1.99. The molecule has 0 saturated carbocycles. The molecular weight excluding hydrogens is 466 g/mol. The first-order valence-corrected chi connectivity index (χ1v) is 10.9. The Morgan fingerprint density at radius 1 is 0.968 bits per heavy atom. The molecule has 0 aromatic heterocycles. The van der Waals surface area contributed by atoms with Crippen molar-refractivity contribution < 1.29 is 28.4 Å². The third-order valence-electron chi connectivity index (χ3n) is 6.00. The van der Waals surface area contributed by atoms with Crippen molar-refractivity contribution in [2.75, 3.05) is 55.6 Å².